The molecule has 1 rings (SSSR count). The topological polar surface area (TPSA) is 62.2 Å². The number of hydrogen-bond acceptors (Lipinski definition) is 3. The molecule has 0 aliphatic rings. The van der Waals surface area contributed by atoms with Gasteiger partial charge in [-0.1, -0.05) is 6.07 Å². The van der Waals surface area contributed by atoms with Gasteiger partial charge in [0.1, 0.15) is 5.69 Å². The Labute approximate surface area is 95.7 Å². The highest BCUT2D eigenvalue weighted by atomic mass is 16.2. The van der Waals surface area contributed by atoms with Gasteiger partial charge in [-0.15, -0.1) is 0 Å². The van der Waals surface area contributed by atoms with Crippen LogP contribution in [-0.2, 0) is 0 Å². The number of aliphatic hydroxyl groups excluding tert-OH is 1. The Morgan fingerprint density at radius 3 is 3.00 bits per heavy atom. The first-order chi connectivity index (χ1) is 7.65. The van der Waals surface area contributed by atoms with E-state index in [0.29, 0.717) is 12.1 Å². The van der Waals surface area contributed by atoms with Crippen molar-refractivity contribution in [3.63, 3.8) is 0 Å². The molecule has 1 heterocycles. The summed E-state index contributed by atoms with van der Waals surface area (Å²) in [5.74, 6) is -0.150. The normalized spacial score (nSPS) is 12.2. The van der Waals surface area contributed by atoms with Gasteiger partial charge in [0.25, 0.3) is 5.91 Å². The lowest BCUT2D eigenvalue weighted by molar-refractivity contribution is 0.0930. The van der Waals surface area contributed by atoms with E-state index >= 15 is 0 Å². The Kier molecular flexibility index (Phi) is 4.92. The standard InChI is InChI=1S/C12H18N2O2/c1-9-5-3-7-13-11(9)12(16)14-10(2)6-4-8-15/h3,5,7,10,15H,4,6,8H2,1-2H3,(H,14,16). The lowest BCUT2D eigenvalue weighted by atomic mass is 10.1. The van der Waals surface area contributed by atoms with Crippen molar-refractivity contribution in [1.29, 1.82) is 0 Å². The van der Waals surface area contributed by atoms with Crippen LogP contribution in [-0.4, -0.2) is 28.6 Å². The van der Waals surface area contributed by atoms with Crippen LogP contribution in [0.5, 0.6) is 0 Å². The molecule has 0 saturated carbocycles. The van der Waals surface area contributed by atoms with Gasteiger partial charge in [-0.2, -0.15) is 0 Å². The van der Waals surface area contributed by atoms with Crippen molar-refractivity contribution < 1.29 is 9.90 Å². The van der Waals surface area contributed by atoms with Crippen molar-refractivity contribution in [3.8, 4) is 0 Å². The van der Waals surface area contributed by atoms with Gasteiger partial charge in [0.2, 0.25) is 0 Å². The summed E-state index contributed by atoms with van der Waals surface area (Å²) >= 11 is 0. The molecule has 1 aromatic heterocycles. The highest BCUT2D eigenvalue weighted by molar-refractivity contribution is 5.93. The van der Waals surface area contributed by atoms with Crippen LogP contribution in [0.25, 0.3) is 0 Å². The van der Waals surface area contributed by atoms with E-state index in [1.165, 1.54) is 0 Å². The third-order valence-corrected chi connectivity index (χ3v) is 2.40. The fourth-order valence-corrected chi connectivity index (χ4v) is 1.49. The zero-order valence-electron chi connectivity index (χ0n) is 9.73. The molecule has 0 aromatic carbocycles. The minimum atomic E-state index is -0.150. The summed E-state index contributed by atoms with van der Waals surface area (Å²) in [7, 11) is 0. The van der Waals surface area contributed by atoms with Crippen LogP contribution in [0.1, 0.15) is 35.8 Å². The fraction of sp³-hybridized carbons (Fsp3) is 0.500. The predicted molar refractivity (Wildman–Crippen MR) is 62.2 cm³/mol. The summed E-state index contributed by atoms with van der Waals surface area (Å²) in [4.78, 5) is 15.9. The third kappa shape index (κ3) is 3.62. The molecule has 1 unspecified atom stereocenters. The van der Waals surface area contributed by atoms with Crippen molar-refractivity contribution in [2.75, 3.05) is 6.61 Å². The first-order valence-corrected chi connectivity index (χ1v) is 5.48. The van der Waals surface area contributed by atoms with Crippen LogP contribution >= 0.6 is 0 Å². The molecule has 2 N–H and O–H groups in total. The highest BCUT2D eigenvalue weighted by Crippen LogP contribution is 2.04. The molecule has 1 aromatic rings. The number of aryl methyl sites for hydroxylation is 1. The van der Waals surface area contributed by atoms with Gasteiger partial charge in [0.15, 0.2) is 0 Å². The molecule has 4 heteroatoms. The Hall–Kier alpha value is -1.42. The number of aromatic nitrogens is 1. The van der Waals surface area contributed by atoms with E-state index in [9.17, 15) is 4.79 Å². The number of nitrogens with one attached hydrogen (secondary N) is 1. The second-order valence-electron chi connectivity index (χ2n) is 3.91. The number of amides is 1. The molecule has 0 saturated heterocycles. The smallest absolute Gasteiger partial charge is 0.270 e. The van der Waals surface area contributed by atoms with E-state index in [-0.39, 0.29) is 18.6 Å². The van der Waals surface area contributed by atoms with Crippen molar-refractivity contribution in [3.05, 3.63) is 29.6 Å². The van der Waals surface area contributed by atoms with Gasteiger partial charge in [-0.3, -0.25) is 9.78 Å². The number of carbonyl (C=O) groups is 1. The van der Waals surface area contributed by atoms with E-state index in [1.54, 1.807) is 12.3 Å². The van der Waals surface area contributed by atoms with Crippen LogP contribution in [0.3, 0.4) is 0 Å². The number of carbonyl (C=O) groups excluding carboxylic acids is 1. The minimum absolute atomic E-state index is 0.0565. The molecule has 0 bridgehead atoms. The average molecular weight is 222 g/mol. The molecule has 0 spiro atoms. The molecule has 16 heavy (non-hydrogen) atoms. The van der Waals surface area contributed by atoms with Crippen molar-refractivity contribution in [1.82, 2.24) is 10.3 Å². The number of pyridine rings is 1. The molecular formula is C12H18N2O2. The van der Waals surface area contributed by atoms with Gasteiger partial charge in [-0.25, -0.2) is 0 Å². The molecule has 4 nitrogen and oxygen atoms in total. The van der Waals surface area contributed by atoms with Gasteiger partial charge in [0, 0.05) is 18.8 Å². The predicted octanol–water partition coefficient (Wildman–Crippen LogP) is 1.28. The number of nitrogens with zero attached hydrogens (tertiary/aromatic N) is 1. The molecule has 1 atom stereocenters. The van der Waals surface area contributed by atoms with E-state index < -0.39 is 0 Å². The summed E-state index contributed by atoms with van der Waals surface area (Å²) in [6.07, 6.45) is 3.08. The molecule has 1 amide bonds. The lowest BCUT2D eigenvalue weighted by Gasteiger charge is -2.13. The Morgan fingerprint density at radius 2 is 2.38 bits per heavy atom. The molecule has 0 aliphatic carbocycles. The maximum atomic E-state index is 11.8. The Balaban J connectivity index is 2.56. The van der Waals surface area contributed by atoms with Crippen LogP contribution in [0.15, 0.2) is 18.3 Å². The molecule has 0 aliphatic heterocycles. The summed E-state index contributed by atoms with van der Waals surface area (Å²) < 4.78 is 0. The van der Waals surface area contributed by atoms with Crippen LogP contribution < -0.4 is 5.32 Å². The molecular weight excluding hydrogens is 204 g/mol. The number of aliphatic hydroxyl groups is 1. The SMILES string of the molecule is Cc1cccnc1C(=O)NC(C)CCCO. The quantitative estimate of drug-likeness (QED) is 0.789. The summed E-state index contributed by atoms with van der Waals surface area (Å²) in [6, 6.07) is 3.72. The third-order valence-electron chi connectivity index (χ3n) is 2.40. The minimum Gasteiger partial charge on any atom is -0.396 e. The van der Waals surface area contributed by atoms with E-state index in [2.05, 4.69) is 10.3 Å². The summed E-state index contributed by atoms with van der Waals surface area (Å²) in [6.45, 7) is 3.94. The largest absolute Gasteiger partial charge is 0.396 e. The van der Waals surface area contributed by atoms with E-state index in [1.807, 2.05) is 19.9 Å². The second-order valence-corrected chi connectivity index (χ2v) is 3.91. The average Bonchev–Trinajstić information content (AvgIpc) is 2.26. The lowest BCUT2D eigenvalue weighted by Crippen LogP contribution is -2.33. The van der Waals surface area contributed by atoms with Crippen LogP contribution in [0.4, 0.5) is 0 Å². The van der Waals surface area contributed by atoms with Crippen LogP contribution in [0.2, 0.25) is 0 Å². The maximum absolute atomic E-state index is 11.8. The zero-order valence-corrected chi connectivity index (χ0v) is 9.73. The zero-order chi connectivity index (χ0) is 12.0. The summed E-state index contributed by atoms with van der Waals surface area (Å²) in [5.41, 5.74) is 1.34. The molecule has 88 valence electrons. The van der Waals surface area contributed by atoms with Crippen molar-refractivity contribution >= 4 is 5.91 Å². The monoisotopic (exact) mass is 222 g/mol. The van der Waals surface area contributed by atoms with Gasteiger partial charge in [-0.05, 0) is 38.3 Å². The molecule has 0 fully saturated rings. The fourth-order valence-electron chi connectivity index (χ4n) is 1.49. The van der Waals surface area contributed by atoms with Gasteiger partial charge >= 0.3 is 0 Å². The number of hydrogen-bond donors (Lipinski definition) is 2. The van der Waals surface area contributed by atoms with E-state index in [4.69, 9.17) is 5.11 Å². The van der Waals surface area contributed by atoms with Gasteiger partial charge in [0.05, 0.1) is 0 Å². The van der Waals surface area contributed by atoms with E-state index in [0.717, 1.165) is 12.0 Å². The van der Waals surface area contributed by atoms with Crippen LogP contribution in [0, 0.1) is 6.92 Å². The van der Waals surface area contributed by atoms with Crippen molar-refractivity contribution in [2.24, 2.45) is 0 Å². The summed E-state index contributed by atoms with van der Waals surface area (Å²) in [5, 5.41) is 11.5. The Morgan fingerprint density at radius 1 is 1.62 bits per heavy atom. The maximum Gasteiger partial charge on any atom is 0.270 e. The Bertz CT molecular complexity index is 353. The number of rotatable bonds is 5. The highest BCUT2D eigenvalue weighted by Gasteiger charge is 2.12. The second kappa shape index (κ2) is 6.23. The first kappa shape index (κ1) is 12.6. The molecule has 0 radical (unpaired) electrons. The first-order valence-electron chi connectivity index (χ1n) is 5.48. The van der Waals surface area contributed by atoms with Crippen molar-refractivity contribution in [2.45, 2.75) is 32.7 Å². The van der Waals surface area contributed by atoms with Gasteiger partial charge < -0.3 is 10.4 Å².